The van der Waals surface area contributed by atoms with Gasteiger partial charge in [0.2, 0.25) is 0 Å². The molecule has 120 valence electrons. The Hall–Kier alpha value is -1.58. The Morgan fingerprint density at radius 2 is 2.04 bits per heavy atom. The Balaban J connectivity index is 1.74. The number of rotatable bonds is 2. The highest BCUT2D eigenvalue weighted by Gasteiger charge is 2.57. The molecule has 0 amide bonds. The third-order valence-electron chi connectivity index (χ3n) is 5.70. The molecule has 2 fully saturated rings. The van der Waals surface area contributed by atoms with Gasteiger partial charge in [-0.25, -0.2) is 0 Å². The molecule has 1 saturated heterocycles. The number of benzene rings is 1. The van der Waals surface area contributed by atoms with Crippen molar-refractivity contribution in [3.8, 4) is 0 Å². The zero-order valence-electron chi connectivity index (χ0n) is 13.1. The molecule has 1 aromatic rings. The van der Waals surface area contributed by atoms with E-state index in [4.69, 9.17) is 16.3 Å². The van der Waals surface area contributed by atoms with Crippen molar-refractivity contribution in [3.05, 3.63) is 58.7 Å². The summed E-state index contributed by atoms with van der Waals surface area (Å²) in [5.41, 5.74) is 2.47. The van der Waals surface area contributed by atoms with Gasteiger partial charge in [-0.2, -0.15) is 0 Å². The van der Waals surface area contributed by atoms with E-state index < -0.39 is 0 Å². The van der Waals surface area contributed by atoms with E-state index in [1.165, 1.54) is 19.1 Å². The summed E-state index contributed by atoms with van der Waals surface area (Å²) >= 11 is 6.02. The quantitative estimate of drug-likeness (QED) is 0.838. The van der Waals surface area contributed by atoms with Crippen molar-refractivity contribution >= 4 is 17.6 Å². The lowest BCUT2D eigenvalue weighted by Crippen LogP contribution is -2.61. The molecule has 1 heterocycles. The Kier molecular flexibility index (Phi) is 3.58. The predicted octanol–water partition coefficient (Wildman–Crippen LogP) is 3.81. The van der Waals surface area contributed by atoms with Crippen LogP contribution in [0.1, 0.15) is 30.9 Å². The molecule has 1 N–H and O–H groups in total. The van der Waals surface area contributed by atoms with Crippen LogP contribution in [0.15, 0.2) is 48.1 Å². The van der Waals surface area contributed by atoms with Crippen LogP contribution in [0.5, 0.6) is 0 Å². The van der Waals surface area contributed by atoms with Gasteiger partial charge in [0.1, 0.15) is 6.04 Å². The summed E-state index contributed by atoms with van der Waals surface area (Å²) in [6.07, 6.45) is 9.86. The number of esters is 1. The highest BCUT2D eigenvalue weighted by atomic mass is 35.5. The highest BCUT2D eigenvalue weighted by molar-refractivity contribution is 6.30. The molecule has 1 aliphatic heterocycles. The second-order valence-corrected chi connectivity index (χ2v) is 7.13. The largest absolute Gasteiger partial charge is 0.468 e. The molecule has 1 aromatic carbocycles. The van der Waals surface area contributed by atoms with E-state index in [9.17, 15) is 4.79 Å². The van der Waals surface area contributed by atoms with Gasteiger partial charge in [0.25, 0.3) is 0 Å². The predicted molar refractivity (Wildman–Crippen MR) is 90.1 cm³/mol. The van der Waals surface area contributed by atoms with Crippen LogP contribution in [-0.2, 0) is 9.53 Å². The first-order valence-electron chi connectivity index (χ1n) is 8.14. The van der Waals surface area contributed by atoms with Crippen molar-refractivity contribution in [2.45, 2.75) is 31.3 Å². The molecule has 3 nitrogen and oxygen atoms in total. The van der Waals surface area contributed by atoms with Crippen molar-refractivity contribution in [1.29, 1.82) is 0 Å². The van der Waals surface area contributed by atoms with Crippen molar-refractivity contribution < 1.29 is 9.53 Å². The maximum Gasteiger partial charge on any atom is 0.323 e. The minimum absolute atomic E-state index is 0.0653. The Labute approximate surface area is 141 Å². The fourth-order valence-electron chi connectivity index (χ4n) is 4.41. The van der Waals surface area contributed by atoms with Gasteiger partial charge in [-0.1, -0.05) is 54.0 Å². The summed E-state index contributed by atoms with van der Waals surface area (Å²) in [6.45, 7) is 0. The lowest BCUT2D eigenvalue weighted by molar-refractivity contribution is -0.150. The van der Waals surface area contributed by atoms with Gasteiger partial charge < -0.3 is 4.74 Å². The van der Waals surface area contributed by atoms with Crippen LogP contribution in [0.3, 0.4) is 0 Å². The lowest BCUT2D eigenvalue weighted by Gasteiger charge is -2.55. The smallest absolute Gasteiger partial charge is 0.323 e. The van der Waals surface area contributed by atoms with Gasteiger partial charge in [0.15, 0.2) is 0 Å². The van der Waals surface area contributed by atoms with Crippen molar-refractivity contribution in [3.63, 3.8) is 0 Å². The first-order chi connectivity index (χ1) is 11.2. The van der Waals surface area contributed by atoms with Gasteiger partial charge >= 0.3 is 5.97 Å². The summed E-state index contributed by atoms with van der Waals surface area (Å²) in [5, 5.41) is 4.32. The summed E-state index contributed by atoms with van der Waals surface area (Å²) in [4.78, 5) is 12.4. The van der Waals surface area contributed by atoms with Crippen LogP contribution in [0.4, 0.5) is 0 Å². The summed E-state index contributed by atoms with van der Waals surface area (Å²) in [5.74, 6) is 0.146. The molecule has 3 atom stereocenters. The number of halogens is 1. The van der Waals surface area contributed by atoms with Crippen LogP contribution < -0.4 is 5.32 Å². The zero-order valence-corrected chi connectivity index (χ0v) is 13.8. The standard InChI is InChI=1S/C19H20ClNO2/c1-23-18(22)17-19(10-3-11-19)15-5-2-4-14(15)16(21-17)12-6-8-13(20)9-7-12/h2,4-9,14,16-17,21H,3,10-11H2,1H3/t14-,16+,17-/m0/s1. The number of carbonyl (C=O) groups excluding carboxylic acids is 1. The fraction of sp³-hybridized carbons (Fsp3) is 0.421. The van der Waals surface area contributed by atoms with Crippen LogP contribution in [0, 0.1) is 11.3 Å². The van der Waals surface area contributed by atoms with E-state index in [0.29, 0.717) is 5.92 Å². The Morgan fingerprint density at radius 1 is 1.30 bits per heavy atom. The number of fused-ring (bicyclic) bond motifs is 2. The lowest BCUT2D eigenvalue weighted by atomic mass is 9.54. The first kappa shape index (κ1) is 15.0. The van der Waals surface area contributed by atoms with Gasteiger partial charge in [0, 0.05) is 22.4 Å². The molecule has 1 spiro atoms. The summed E-state index contributed by atoms with van der Waals surface area (Å²) in [7, 11) is 1.47. The summed E-state index contributed by atoms with van der Waals surface area (Å²) in [6, 6.07) is 7.69. The zero-order chi connectivity index (χ0) is 16.0. The number of hydrogen-bond acceptors (Lipinski definition) is 3. The van der Waals surface area contributed by atoms with Crippen molar-refractivity contribution in [2.75, 3.05) is 7.11 Å². The molecule has 4 rings (SSSR count). The van der Waals surface area contributed by atoms with E-state index in [2.05, 4.69) is 23.5 Å². The average Bonchev–Trinajstić information content (AvgIpc) is 3.01. The number of methoxy groups -OCH3 is 1. The molecule has 4 heteroatoms. The highest BCUT2D eigenvalue weighted by Crippen LogP contribution is 2.58. The molecule has 0 aromatic heterocycles. The van der Waals surface area contributed by atoms with E-state index in [-0.39, 0.29) is 23.5 Å². The minimum atomic E-state index is -0.274. The van der Waals surface area contributed by atoms with Crippen LogP contribution in [0.2, 0.25) is 5.02 Å². The normalized spacial score (nSPS) is 30.5. The van der Waals surface area contributed by atoms with Crippen LogP contribution >= 0.6 is 11.6 Å². The van der Waals surface area contributed by atoms with E-state index >= 15 is 0 Å². The van der Waals surface area contributed by atoms with Crippen molar-refractivity contribution in [1.82, 2.24) is 5.32 Å². The first-order valence-corrected chi connectivity index (χ1v) is 8.52. The minimum Gasteiger partial charge on any atom is -0.468 e. The third-order valence-corrected chi connectivity index (χ3v) is 5.95. The monoisotopic (exact) mass is 329 g/mol. The topological polar surface area (TPSA) is 38.3 Å². The van der Waals surface area contributed by atoms with Crippen LogP contribution in [0.25, 0.3) is 0 Å². The molecular formula is C19H20ClNO2. The van der Waals surface area contributed by atoms with E-state index in [1.807, 2.05) is 24.3 Å². The molecule has 2 aliphatic carbocycles. The van der Waals surface area contributed by atoms with Gasteiger partial charge in [0.05, 0.1) is 7.11 Å². The molecular weight excluding hydrogens is 310 g/mol. The van der Waals surface area contributed by atoms with Crippen LogP contribution in [-0.4, -0.2) is 19.1 Å². The van der Waals surface area contributed by atoms with Gasteiger partial charge in [-0.15, -0.1) is 0 Å². The number of hydrogen-bond donors (Lipinski definition) is 1. The SMILES string of the molecule is COC(=O)[C@@H]1N[C@H](c2ccc(Cl)cc2)[C@H]2C=CC=C2C12CCC2. The number of nitrogens with one attached hydrogen (secondary N) is 1. The Bertz CT molecular complexity index is 688. The maximum absolute atomic E-state index is 12.4. The molecule has 0 radical (unpaired) electrons. The molecule has 1 saturated carbocycles. The fourth-order valence-corrected chi connectivity index (χ4v) is 4.54. The molecule has 0 unspecified atom stereocenters. The molecule has 0 bridgehead atoms. The van der Waals surface area contributed by atoms with Gasteiger partial charge in [-0.3, -0.25) is 10.1 Å². The molecule has 3 aliphatic rings. The second kappa shape index (κ2) is 5.50. The van der Waals surface area contributed by atoms with E-state index in [0.717, 1.165) is 23.4 Å². The van der Waals surface area contributed by atoms with E-state index in [1.54, 1.807) is 0 Å². The summed E-state index contributed by atoms with van der Waals surface area (Å²) < 4.78 is 5.10. The average molecular weight is 330 g/mol. The Morgan fingerprint density at radius 3 is 2.65 bits per heavy atom. The van der Waals surface area contributed by atoms with Crippen molar-refractivity contribution in [2.24, 2.45) is 11.3 Å². The van der Waals surface area contributed by atoms with Gasteiger partial charge in [-0.05, 0) is 30.5 Å². The number of allylic oxidation sites excluding steroid dienone is 2. The number of ether oxygens (including phenoxy) is 1. The number of piperidine rings is 1. The molecule has 23 heavy (non-hydrogen) atoms. The number of carbonyl (C=O) groups is 1. The second-order valence-electron chi connectivity index (χ2n) is 6.69. The maximum atomic E-state index is 12.4. The third kappa shape index (κ3) is 2.18.